The zero-order valence-corrected chi connectivity index (χ0v) is 23.0. The summed E-state index contributed by atoms with van der Waals surface area (Å²) < 4.78 is 62.4. The standard InChI is InChI=1S/C29H26N2O7S2/c1-2-38-29(33)27(28(32)21-12-6-3-7-13-21)25-20-22(30-39(34,35)23-14-8-4-9-15-23)18-19-26(25)31-40(36,37)24-16-10-5-11-17-24/h3-20,27,30-31H,2H2,1H3/t27-/m1/s1. The molecule has 0 saturated carbocycles. The number of carbonyl (C=O) groups is 2. The normalized spacial score (nSPS) is 12.2. The van der Waals surface area contributed by atoms with Gasteiger partial charge in [-0.1, -0.05) is 66.7 Å². The van der Waals surface area contributed by atoms with Gasteiger partial charge in [-0.15, -0.1) is 0 Å². The number of esters is 1. The Kier molecular flexibility index (Phi) is 8.66. The summed E-state index contributed by atoms with van der Waals surface area (Å²) in [6.45, 7) is 1.54. The summed E-state index contributed by atoms with van der Waals surface area (Å²) in [5.74, 6) is -3.17. The van der Waals surface area contributed by atoms with E-state index in [1.165, 1.54) is 54.6 Å². The molecule has 0 heterocycles. The minimum atomic E-state index is -4.14. The fourth-order valence-corrected chi connectivity index (χ4v) is 6.12. The number of hydrogen-bond acceptors (Lipinski definition) is 7. The fraction of sp³-hybridized carbons (Fsp3) is 0.103. The van der Waals surface area contributed by atoms with Crippen molar-refractivity contribution in [1.82, 2.24) is 0 Å². The van der Waals surface area contributed by atoms with Crippen LogP contribution in [-0.4, -0.2) is 35.2 Å². The number of ketones is 1. The van der Waals surface area contributed by atoms with Crippen molar-refractivity contribution < 1.29 is 31.2 Å². The Hall–Kier alpha value is -4.48. The van der Waals surface area contributed by atoms with Crippen molar-refractivity contribution in [3.63, 3.8) is 0 Å². The van der Waals surface area contributed by atoms with Gasteiger partial charge in [-0.2, -0.15) is 0 Å². The number of sulfonamides is 2. The molecule has 0 unspecified atom stereocenters. The maximum Gasteiger partial charge on any atom is 0.321 e. The highest BCUT2D eigenvalue weighted by Gasteiger charge is 2.34. The van der Waals surface area contributed by atoms with Gasteiger partial charge < -0.3 is 4.74 Å². The molecule has 206 valence electrons. The van der Waals surface area contributed by atoms with Crippen LogP contribution in [0.15, 0.2) is 119 Å². The van der Waals surface area contributed by atoms with Crippen LogP contribution in [-0.2, 0) is 29.6 Å². The van der Waals surface area contributed by atoms with E-state index < -0.39 is 37.7 Å². The predicted molar refractivity (Wildman–Crippen MR) is 151 cm³/mol. The second kappa shape index (κ2) is 12.1. The van der Waals surface area contributed by atoms with Gasteiger partial charge in [0.05, 0.1) is 22.1 Å². The zero-order valence-electron chi connectivity index (χ0n) is 21.4. The first kappa shape index (κ1) is 28.5. The van der Waals surface area contributed by atoms with Gasteiger partial charge >= 0.3 is 5.97 Å². The van der Waals surface area contributed by atoms with Crippen LogP contribution in [0.3, 0.4) is 0 Å². The quantitative estimate of drug-likeness (QED) is 0.148. The summed E-state index contributed by atoms with van der Waals surface area (Å²) in [6, 6.07) is 27.0. The van der Waals surface area contributed by atoms with Crippen molar-refractivity contribution in [1.29, 1.82) is 0 Å². The highest BCUT2D eigenvalue weighted by molar-refractivity contribution is 7.93. The summed E-state index contributed by atoms with van der Waals surface area (Å²) in [5, 5.41) is 0. The van der Waals surface area contributed by atoms with E-state index in [0.29, 0.717) is 0 Å². The van der Waals surface area contributed by atoms with Gasteiger partial charge in [-0.05, 0) is 49.4 Å². The Balaban J connectivity index is 1.86. The third-order valence-electron chi connectivity index (χ3n) is 5.81. The van der Waals surface area contributed by atoms with Crippen molar-refractivity contribution in [3.8, 4) is 0 Å². The molecule has 0 aliphatic heterocycles. The van der Waals surface area contributed by atoms with Crippen LogP contribution in [0.1, 0.15) is 28.8 Å². The molecule has 0 amide bonds. The number of anilines is 2. The van der Waals surface area contributed by atoms with Crippen LogP contribution < -0.4 is 9.44 Å². The monoisotopic (exact) mass is 578 g/mol. The summed E-state index contributed by atoms with van der Waals surface area (Å²) in [4.78, 5) is 26.8. The van der Waals surface area contributed by atoms with Gasteiger partial charge in [-0.25, -0.2) is 16.8 Å². The van der Waals surface area contributed by atoms with Gasteiger partial charge in [0.15, 0.2) is 5.78 Å². The summed E-state index contributed by atoms with van der Waals surface area (Å²) >= 11 is 0. The molecule has 0 radical (unpaired) electrons. The molecule has 11 heteroatoms. The molecule has 4 rings (SSSR count). The topological polar surface area (TPSA) is 136 Å². The Morgan fingerprint density at radius 3 is 1.73 bits per heavy atom. The van der Waals surface area contributed by atoms with Crippen molar-refractivity contribution in [2.75, 3.05) is 16.1 Å². The Morgan fingerprint density at radius 1 is 0.700 bits per heavy atom. The second-order valence-corrected chi connectivity index (χ2v) is 11.9. The molecule has 2 N–H and O–H groups in total. The van der Waals surface area contributed by atoms with E-state index in [-0.39, 0.29) is 38.9 Å². The number of ether oxygens (including phenoxy) is 1. The molecular formula is C29H26N2O7S2. The highest BCUT2D eigenvalue weighted by atomic mass is 32.2. The minimum Gasteiger partial charge on any atom is -0.465 e. The third-order valence-corrected chi connectivity index (χ3v) is 8.59. The molecule has 4 aromatic carbocycles. The molecule has 0 aliphatic carbocycles. The predicted octanol–water partition coefficient (Wildman–Crippen LogP) is 4.82. The van der Waals surface area contributed by atoms with E-state index in [4.69, 9.17) is 4.74 Å². The molecule has 9 nitrogen and oxygen atoms in total. The summed E-state index contributed by atoms with van der Waals surface area (Å²) in [5.41, 5.74) is 0.0262. The Morgan fingerprint density at radius 2 is 1.20 bits per heavy atom. The fourth-order valence-electron chi connectivity index (χ4n) is 3.94. The lowest BCUT2D eigenvalue weighted by atomic mass is 9.89. The van der Waals surface area contributed by atoms with E-state index in [1.54, 1.807) is 61.5 Å². The average Bonchev–Trinajstić information content (AvgIpc) is 2.96. The van der Waals surface area contributed by atoms with Gasteiger partial charge in [-0.3, -0.25) is 19.0 Å². The maximum absolute atomic E-state index is 13.7. The van der Waals surface area contributed by atoms with Gasteiger partial charge in [0.1, 0.15) is 5.92 Å². The van der Waals surface area contributed by atoms with Crippen molar-refractivity contribution in [2.24, 2.45) is 0 Å². The molecule has 0 aliphatic rings. The lowest BCUT2D eigenvalue weighted by Crippen LogP contribution is -2.26. The molecule has 0 bridgehead atoms. The Labute approximate surface area is 232 Å². The van der Waals surface area contributed by atoms with Gasteiger partial charge in [0.25, 0.3) is 20.0 Å². The number of benzene rings is 4. The molecule has 1 atom stereocenters. The summed E-state index contributed by atoms with van der Waals surface area (Å²) in [6.07, 6.45) is 0. The number of nitrogens with one attached hydrogen (secondary N) is 2. The van der Waals surface area contributed by atoms with Crippen LogP contribution in [0.2, 0.25) is 0 Å². The lowest BCUT2D eigenvalue weighted by molar-refractivity contribution is -0.143. The Bertz CT molecular complexity index is 1710. The first-order valence-corrected chi connectivity index (χ1v) is 15.1. The smallest absolute Gasteiger partial charge is 0.321 e. The van der Waals surface area contributed by atoms with E-state index in [0.717, 1.165) is 0 Å². The molecule has 0 saturated heterocycles. The zero-order chi connectivity index (χ0) is 28.8. The van der Waals surface area contributed by atoms with Crippen LogP contribution in [0.5, 0.6) is 0 Å². The lowest BCUT2D eigenvalue weighted by Gasteiger charge is -2.21. The van der Waals surface area contributed by atoms with Crippen molar-refractivity contribution >= 4 is 43.2 Å². The largest absolute Gasteiger partial charge is 0.465 e. The third kappa shape index (κ3) is 6.56. The first-order valence-electron chi connectivity index (χ1n) is 12.2. The van der Waals surface area contributed by atoms with E-state index in [2.05, 4.69) is 9.44 Å². The molecule has 0 fully saturated rings. The molecule has 4 aromatic rings. The number of rotatable bonds is 11. The first-order chi connectivity index (χ1) is 19.1. The van der Waals surface area contributed by atoms with Gasteiger partial charge in [0.2, 0.25) is 0 Å². The number of carbonyl (C=O) groups excluding carboxylic acids is 2. The van der Waals surface area contributed by atoms with Crippen LogP contribution in [0.4, 0.5) is 11.4 Å². The minimum absolute atomic E-state index is 0.00675. The SMILES string of the molecule is CCOC(=O)[C@@H](C(=O)c1ccccc1)c1cc(NS(=O)(=O)c2ccccc2)ccc1NS(=O)(=O)c1ccccc1. The second-order valence-electron chi connectivity index (χ2n) is 8.55. The van der Waals surface area contributed by atoms with E-state index >= 15 is 0 Å². The van der Waals surface area contributed by atoms with Gasteiger partial charge in [0, 0.05) is 16.8 Å². The maximum atomic E-state index is 13.7. The molecule has 0 spiro atoms. The molecule has 40 heavy (non-hydrogen) atoms. The van der Waals surface area contributed by atoms with Crippen LogP contribution >= 0.6 is 0 Å². The summed E-state index contributed by atoms with van der Waals surface area (Å²) in [7, 11) is -8.18. The number of hydrogen-bond donors (Lipinski definition) is 2. The van der Waals surface area contributed by atoms with E-state index in [9.17, 15) is 26.4 Å². The van der Waals surface area contributed by atoms with Crippen molar-refractivity contribution in [2.45, 2.75) is 22.6 Å². The van der Waals surface area contributed by atoms with E-state index in [1.807, 2.05) is 0 Å². The molecular weight excluding hydrogens is 552 g/mol. The van der Waals surface area contributed by atoms with Crippen LogP contribution in [0.25, 0.3) is 0 Å². The van der Waals surface area contributed by atoms with Crippen LogP contribution in [0, 0.1) is 0 Å². The molecule has 0 aromatic heterocycles. The average molecular weight is 579 g/mol. The highest BCUT2D eigenvalue weighted by Crippen LogP contribution is 2.34. The number of Topliss-reactive ketones (excluding diaryl/α,β-unsaturated/α-hetero) is 1. The van der Waals surface area contributed by atoms with Crippen molar-refractivity contribution in [3.05, 3.63) is 120 Å².